The summed E-state index contributed by atoms with van der Waals surface area (Å²) < 4.78 is 2.04. The number of anilines is 1. The van der Waals surface area contributed by atoms with Crippen LogP contribution in [0.1, 0.15) is 25.7 Å². The SMILES string of the molecule is CC(C)n1cnnc1CNc1ncnc2sccc12. The van der Waals surface area contributed by atoms with Crippen molar-refractivity contribution >= 4 is 27.4 Å². The van der Waals surface area contributed by atoms with Crippen molar-refractivity contribution in [2.75, 3.05) is 5.32 Å². The predicted molar refractivity (Wildman–Crippen MR) is 75.1 cm³/mol. The summed E-state index contributed by atoms with van der Waals surface area (Å²) in [6.07, 6.45) is 3.33. The summed E-state index contributed by atoms with van der Waals surface area (Å²) in [6, 6.07) is 2.37. The van der Waals surface area contributed by atoms with Gasteiger partial charge in [0, 0.05) is 6.04 Å². The molecular weight excluding hydrogens is 260 g/mol. The fraction of sp³-hybridized carbons (Fsp3) is 0.333. The molecule has 0 fully saturated rings. The molecule has 19 heavy (non-hydrogen) atoms. The molecule has 0 aliphatic rings. The molecule has 0 radical (unpaired) electrons. The van der Waals surface area contributed by atoms with Crippen LogP contribution in [0.3, 0.4) is 0 Å². The van der Waals surface area contributed by atoms with E-state index in [0.717, 1.165) is 21.9 Å². The van der Waals surface area contributed by atoms with Crippen molar-refractivity contribution < 1.29 is 0 Å². The minimum absolute atomic E-state index is 0.346. The number of aromatic nitrogens is 5. The standard InChI is InChI=1S/C12H14N6S/c1-8(2)18-7-16-17-10(18)5-13-11-9-3-4-19-12(9)15-6-14-11/h3-4,6-8H,5H2,1-2H3,(H,13,14,15). The molecule has 3 rings (SSSR count). The first-order valence-electron chi connectivity index (χ1n) is 6.06. The van der Waals surface area contributed by atoms with E-state index in [2.05, 4.69) is 39.3 Å². The monoisotopic (exact) mass is 274 g/mol. The van der Waals surface area contributed by atoms with Gasteiger partial charge in [0.15, 0.2) is 5.82 Å². The van der Waals surface area contributed by atoms with Crippen LogP contribution in [0, 0.1) is 0 Å². The van der Waals surface area contributed by atoms with E-state index < -0.39 is 0 Å². The molecule has 0 aromatic carbocycles. The van der Waals surface area contributed by atoms with Crippen LogP contribution in [0.2, 0.25) is 0 Å². The van der Waals surface area contributed by atoms with Gasteiger partial charge >= 0.3 is 0 Å². The highest BCUT2D eigenvalue weighted by atomic mass is 32.1. The van der Waals surface area contributed by atoms with Crippen molar-refractivity contribution in [3.63, 3.8) is 0 Å². The first-order chi connectivity index (χ1) is 9.25. The number of fused-ring (bicyclic) bond motifs is 1. The van der Waals surface area contributed by atoms with Crippen molar-refractivity contribution in [2.24, 2.45) is 0 Å². The second-order valence-electron chi connectivity index (χ2n) is 4.46. The normalized spacial score (nSPS) is 11.3. The Morgan fingerprint density at radius 3 is 3.11 bits per heavy atom. The highest BCUT2D eigenvalue weighted by Crippen LogP contribution is 2.24. The van der Waals surface area contributed by atoms with Crippen LogP contribution in [-0.4, -0.2) is 24.7 Å². The van der Waals surface area contributed by atoms with Crippen LogP contribution in [0.25, 0.3) is 10.2 Å². The van der Waals surface area contributed by atoms with Crippen LogP contribution in [0.15, 0.2) is 24.1 Å². The van der Waals surface area contributed by atoms with Crippen LogP contribution in [-0.2, 0) is 6.54 Å². The van der Waals surface area contributed by atoms with E-state index in [1.807, 2.05) is 16.0 Å². The molecule has 98 valence electrons. The third kappa shape index (κ3) is 2.28. The second kappa shape index (κ2) is 4.93. The highest BCUT2D eigenvalue weighted by molar-refractivity contribution is 7.16. The lowest BCUT2D eigenvalue weighted by atomic mass is 10.3. The topological polar surface area (TPSA) is 68.5 Å². The van der Waals surface area contributed by atoms with Crippen LogP contribution in [0.4, 0.5) is 5.82 Å². The number of rotatable bonds is 4. The largest absolute Gasteiger partial charge is 0.362 e. The molecule has 0 saturated carbocycles. The van der Waals surface area contributed by atoms with Crippen LogP contribution >= 0.6 is 11.3 Å². The van der Waals surface area contributed by atoms with E-state index in [0.29, 0.717) is 12.6 Å². The minimum atomic E-state index is 0.346. The van der Waals surface area contributed by atoms with E-state index in [9.17, 15) is 0 Å². The Morgan fingerprint density at radius 1 is 1.37 bits per heavy atom. The van der Waals surface area contributed by atoms with Gasteiger partial charge in [0.05, 0.1) is 11.9 Å². The summed E-state index contributed by atoms with van der Waals surface area (Å²) in [7, 11) is 0. The number of nitrogens with one attached hydrogen (secondary N) is 1. The Labute approximate surface area is 114 Å². The summed E-state index contributed by atoms with van der Waals surface area (Å²) in [4.78, 5) is 9.50. The zero-order chi connectivity index (χ0) is 13.2. The van der Waals surface area contributed by atoms with Crippen molar-refractivity contribution in [3.8, 4) is 0 Å². The van der Waals surface area contributed by atoms with Gasteiger partial charge in [-0.15, -0.1) is 21.5 Å². The number of hydrogen-bond donors (Lipinski definition) is 1. The Morgan fingerprint density at radius 2 is 2.26 bits per heavy atom. The second-order valence-corrected chi connectivity index (χ2v) is 5.36. The number of thiophene rings is 1. The Kier molecular flexibility index (Phi) is 3.12. The van der Waals surface area contributed by atoms with E-state index in [-0.39, 0.29) is 0 Å². The Hall–Kier alpha value is -2.02. The summed E-state index contributed by atoms with van der Waals surface area (Å²) in [5.74, 6) is 1.74. The molecule has 0 saturated heterocycles. The fourth-order valence-corrected chi connectivity index (χ4v) is 2.65. The van der Waals surface area contributed by atoms with Crippen molar-refractivity contribution in [2.45, 2.75) is 26.4 Å². The molecule has 3 aromatic heterocycles. The van der Waals surface area contributed by atoms with Gasteiger partial charge in [-0.25, -0.2) is 9.97 Å². The third-order valence-electron chi connectivity index (χ3n) is 2.88. The van der Waals surface area contributed by atoms with Gasteiger partial charge < -0.3 is 9.88 Å². The maximum atomic E-state index is 4.28. The summed E-state index contributed by atoms with van der Waals surface area (Å²) in [5, 5.41) is 14.4. The number of nitrogens with zero attached hydrogens (tertiary/aromatic N) is 5. The van der Waals surface area contributed by atoms with Crippen LogP contribution < -0.4 is 5.32 Å². The summed E-state index contributed by atoms with van der Waals surface area (Å²) in [6.45, 7) is 4.81. The lowest BCUT2D eigenvalue weighted by Gasteiger charge is -2.11. The highest BCUT2D eigenvalue weighted by Gasteiger charge is 2.09. The molecule has 3 heterocycles. The molecule has 0 amide bonds. The Bertz CT molecular complexity index is 686. The molecule has 0 aliphatic heterocycles. The molecule has 3 aromatic rings. The predicted octanol–water partition coefficient (Wildman–Crippen LogP) is 2.48. The van der Waals surface area contributed by atoms with Gasteiger partial charge in [0.1, 0.15) is 23.3 Å². The first kappa shape index (κ1) is 12.0. The van der Waals surface area contributed by atoms with E-state index in [1.165, 1.54) is 0 Å². The molecule has 7 heteroatoms. The van der Waals surface area contributed by atoms with Gasteiger partial charge in [-0.3, -0.25) is 0 Å². The third-order valence-corrected chi connectivity index (χ3v) is 3.70. The lowest BCUT2D eigenvalue weighted by molar-refractivity contribution is 0.572. The maximum absolute atomic E-state index is 4.28. The lowest BCUT2D eigenvalue weighted by Crippen LogP contribution is -2.10. The summed E-state index contributed by atoms with van der Waals surface area (Å²) in [5.41, 5.74) is 0. The molecule has 0 spiro atoms. The van der Waals surface area contributed by atoms with E-state index in [4.69, 9.17) is 0 Å². The Balaban J connectivity index is 1.82. The van der Waals surface area contributed by atoms with Gasteiger partial charge in [-0.1, -0.05) is 0 Å². The van der Waals surface area contributed by atoms with Crippen molar-refractivity contribution in [1.29, 1.82) is 0 Å². The van der Waals surface area contributed by atoms with Crippen LogP contribution in [0.5, 0.6) is 0 Å². The zero-order valence-electron chi connectivity index (χ0n) is 10.7. The van der Waals surface area contributed by atoms with Crippen molar-refractivity contribution in [3.05, 3.63) is 29.9 Å². The summed E-state index contributed by atoms with van der Waals surface area (Å²) >= 11 is 1.61. The quantitative estimate of drug-likeness (QED) is 0.791. The fourth-order valence-electron chi connectivity index (χ4n) is 1.92. The molecule has 1 N–H and O–H groups in total. The van der Waals surface area contributed by atoms with E-state index >= 15 is 0 Å². The van der Waals surface area contributed by atoms with Gasteiger partial charge in [-0.2, -0.15) is 0 Å². The van der Waals surface area contributed by atoms with Crippen molar-refractivity contribution in [1.82, 2.24) is 24.7 Å². The van der Waals surface area contributed by atoms with Gasteiger partial charge in [-0.05, 0) is 25.3 Å². The van der Waals surface area contributed by atoms with E-state index in [1.54, 1.807) is 24.0 Å². The maximum Gasteiger partial charge on any atom is 0.152 e. The average molecular weight is 274 g/mol. The zero-order valence-corrected chi connectivity index (χ0v) is 11.6. The van der Waals surface area contributed by atoms with Gasteiger partial charge in [0.2, 0.25) is 0 Å². The smallest absolute Gasteiger partial charge is 0.152 e. The van der Waals surface area contributed by atoms with Gasteiger partial charge in [0.25, 0.3) is 0 Å². The molecule has 6 nitrogen and oxygen atoms in total. The molecular formula is C12H14N6S. The number of hydrogen-bond acceptors (Lipinski definition) is 6. The molecule has 0 bridgehead atoms. The molecule has 0 aliphatic carbocycles. The first-order valence-corrected chi connectivity index (χ1v) is 6.94. The minimum Gasteiger partial charge on any atom is -0.362 e. The molecule has 0 atom stereocenters. The molecule has 0 unspecified atom stereocenters. The average Bonchev–Trinajstić information content (AvgIpc) is 3.04.